The lowest BCUT2D eigenvalue weighted by atomic mass is 10.1. The number of nitrogen functional groups attached to an aromatic ring is 1. The van der Waals surface area contributed by atoms with Crippen LogP contribution in [0.2, 0.25) is 5.15 Å². The molecule has 1 aromatic rings. The zero-order valence-corrected chi connectivity index (χ0v) is 10.3. The lowest BCUT2D eigenvalue weighted by Crippen LogP contribution is -2.31. The van der Waals surface area contributed by atoms with Crippen LogP contribution in [-0.2, 0) is 0 Å². The molecule has 0 bridgehead atoms. The Morgan fingerprint density at radius 2 is 2.00 bits per heavy atom. The molecule has 15 heavy (non-hydrogen) atoms. The number of hydrogen-bond acceptors (Lipinski definition) is 3. The zero-order valence-electron chi connectivity index (χ0n) is 9.50. The minimum Gasteiger partial charge on any atom is -0.396 e. The van der Waals surface area contributed by atoms with Gasteiger partial charge in [0.05, 0.1) is 5.69 Å². The third-order valence-corrected chi connectivity index (χ3v) is 2.91. The van der Waals surface area contributed by atoms with E-state index in [1.54, 1.807) is 12.1 Å². The molecule has 3 nitrogen and oxygen atoms in total. The Hall–Kier alpha value is -0.960. The van der Waals surface area contributed by atoms with Gasteiger partial charge in [0.15, 0.2) is 5.82 Å². The fraction of sp³-hybridized carbons (Fsp3) is 0.545. The molecular formula is C11H18ClN3. The Bertz CT molecular complexity index is 324. The van der Waals surface area contributed by atoms with Crippen LogP contribution in [0.5, 0.6) is 0 Å². The highest BCUT2D eigenvalue weighted by atomic mass is 35.5. The second kappa shape index (κ2) is 5.21. The van der Waals surface area contributed by atoms with Gasteiger partial charge < -0.3 is 10.6 Å². The van der Waals surface area contributed by atoms with Crippen molar-refractivity contribution in [1.82, 2.24) is 4.98 Å². The van der Waals surface area contributed by atoms with Crippen LogP contribution < -0.4 is 10.6 Å². The van der Waals surface area contributed by atoms with E-state index in [2.05, 4.69) is 23.7 Å². The molecule has 84 valence electrons. The molecule has 0 saturated heterocycles. The molecule has 1 rings (SSSR count). The average Bonchev–Trinajstić information content (AvgIpc) is 2.23. The van der Waals surface area contributed by atoms with E-state index in [9.17, 15) is 0 Å². The number of aromatic nitrogens is 1. The van der Waals surface area contributed by atoms with Crippen LogP contribution in [0, 0.1) is 0 Å². The maximum absolute atomic E-state index is 5.87. The van der Waals surface area contributed by atoms with Gasteiger partial charge in [0.2, 0.25) is 0 Å². The molecule has 1 aromatic heterocycles. The standard InChI is InChI=1S/C11H18ClN3/c1-4-8(5-2)15(3)11-9(13)6-7-10(12)14-11/h6-8H,4-5,13H2,1-3H3. The topological polar surface area (TPSA) is 42.2 Å². The van der Waals surface area contributed by atoms with E-state index >= 15 is 0 Å². The minimum absolute atomic E-state index is 0.457. The Kier molecular flexibility index (Phi) is 4.21. The van der Waals surface area contributed by atoms with E-state index in [0.29, 0.717) is 16.9 Å². The van der Waals surface area contributed by atoms with Crippen LogP contribution in [0.1, 0.15) is 26.7 Å². The Balaban J connectivity index is 2.98. The summed E-state index contributed by atoms with van der Waals surface area (Å²) in [6.07, 6.45) is 2.14. The summed E-state index contributed by atoms with van der Waals surface area (Å²) in [5.74, 6) is 0.774. The van der Waals surface area contributed by atoms with Gasteiger partial charge in [0.1, 0.15) is 5.15 Å². The minimum atomic E-state index is 0.457. The van der Waals surface area contributed by atoms with Gasteiger partial charge in [0, 0.05) is 13.1 Å². The van der Waals surface area contributed by atoms with Crippen molar-refractivity contribution in [1.29, 1.82) is 0 Å². The second-order valence-electron chi connectivity index (χ2n) is 3.63. The summed E-state index contributed by atoms with van der Waals surface area (Å²) in [4.78, 5) is 6.35. The summed E-state index contributed by atoms with van der Waals surface area (Å²) in [7, 11) is 2.01. The largest absolute Gasteiger partial charge is 0.396 e. The van der Waals surface area contributed by atoms with Gasteiger partial charge in [-0.15, -0.1) is 0 Å². The summed E-state index contributed by atoms with van der Waals surface area (Å²) in [5, 5.41) is 0.483. The first-order chi connectivity index (χ1) is 7.10. The SMILES string of the molecule is CCC(CC)N(C)c1nc(Cl)ccc1N. The number of hydrogen-bond donors (Lipinski definition) is 1. The molecule has 0 aliphatic rings. The second-order valence-corrected chi connectivity index (χ2v) is 4.02. The molecule has 0 radical (unpaired) electrons. The quantitative estimate of drug-likeness (QED) is 0.805. The van der Waals surface area contributed by atoms with E-state index in [4.69, 9.17) is 17.3 Å². The Morgan fingerprint density at radius 3 is 2.53 bits per heavy atom. The van der Waals surface area contributed by atoms with Crippen molar-refractivity contribution in [2.75, 3.05) is 17.7 Å². The fourth-order valence-corrected chi connectivity index (χ4v) is 1.87. The molecule has 0 saturated carbocycles. The molecule has 4 heteroatoms. The van der Waals surface area contributed by atoms with Crippen molar-refractivity contribution in [3.8, 4) is 0 Å². The Labute approximate surface area is 96.2 Å². The monoisotopic (exact) mass is 227 g/mol. The van der Waals surface area contributed by atoms with Crippen LogP contribution in [0.3, 0.4) is 0 Å². The highest BCUT2D eigenvalue weighted by Gasteiger charge is 2.15. The zero-order chi connectivity index (χ0) is 11.4. The van der Waals surface area contributed by atoms with Gasteiger partial charge in [-0.05, 0) is 25.0 Å². The number of nitrogens with two attached hydrogens (primary N) is 1. The van der Waals surface area contributed by atoms with E-state index in [1.165, 1.54) is 0 Å². The Morgan fingerprint density at radius 1 is 1.40 bits per heavy atom. The van der Waals surface area contributed by atoms with Crippen LogP contribution in [-0.4, -0.2) is 18.1 Å². The molecule has 0 fully saturated rings. The molecular weight excluding hydrogens is 210 g/mol. The molecule has 0 aliphatic carbocycles. The van der Waals surface area contributed by atoms with Gasteiger partial charge in [0.25, 0.3) is 0 Å². The summed E-state index contributed by atoms with van der Waals surface area (Å²) >= 11 is 5.86. The highest BCUT2D eigenvalue weighted by Crippen LogP contribution is 2.24. The molecule has 0 aromatic carbocycles. The van der Waals surface area contributed by atoms with Crippen LogP contribution in [0.25, 0.3) is 0 Å². The molecule has 0 atom stereocenters. The fourth-order valence-electron chi connectivity index (χ4n) is 1.73. The number of anilines is 2. The molecule has 1 heterocycles. The van der Waals surface area contributed by atoms with Crippen molar-refractivity contribution >= 4 is 23.1 Å². The summed E-state index contributed by atoms with van der Waals surface area (Å²) < 4.78 is 0. The van der Waals surface area contributed by atoms with E-state index in [1.807, 2.05) is 7.05 Å². The summed E-state index contributed by atoms with van der Waals surface area (Å²) in [5.41, 5.74) is 6.55. The van der Waals surface area contributed by atoms with Gasteiger partial charge in [-0.3, -0.25) is 0 Å². The van der Waals surface area contributed by atoms with Gasteiger partial charge >= 0.3 is 0 Å². The first kappa shape index (κ1) is 12.1. The number of rotatable bonds is 4. The van der Waals surface area contributed by atoms with E-state index < -0.39 is 0 Å². The molecule has 2 N–H and O–H groups in total. The molecule has 0 spiro atoms. The van der Waals surface area contributed by atoms with E-state index in [0.717, 1.165) is 18.7 Å². The lowest BCUT2D eigenvalue weighted by molar-refractivity contribution is 0.587. The predicted molar refractivity (Wildman–Crippen MR) is 66.4 cm³/mol. The maximum atomic E-state index is 5.87. The summed E-state index contributed by atoms with van der Waals surface area (Å²) in [6.45, 7) is 4.32. The first-order valence-electron chi connectivity index (χ1n) is 5.25. The summed E-state index contributed by atoms with van der Waals surface area (Å²) in [6, 6.07) is 3.96. The third-order valence-electron chi connectivity index (χ3n) is 2.70. The van der Waals surface area contributed by atoms with E-state index in [-0.39, 0.29) is 0 Å². The van der Waals surface area contributed by atoms with Crippen LogP contribution in [0.4, 0.5) is 11.5 Å². The molecule has 0 aliphatic heterocycles. The highest BCUT2D eigenvalue weighted by molar-refractivity contribution is 6.29. The van der Waals surface area contributed by atoms with Crippen molar-refractivity contribution in [3.05, 3.63) is 17.3 Å². The van der Waals surface area contributed by atoms with Gasteiger partial charge in [-0.2, -0.15) is 0 Å². The first-order valence-corrected chi connectivity index (χ1v) is 5.62. The predicted octanol–water partition coefficient (Wildman–Crippen LogP) is 2.94. The maximum Gasteiger partial charge on any atom is 0.153 e. The number of halogens is 1. The smallest absolute Gasteiger partial charge is 0.153 e. The van der Waals surface area contributed by atoms with Crippen molar-refractivity contribution < 1.29 is 0 Å². The number of pyridine rings is 1. The van der Waals surface area contributed by atoms with Crippen LogP contribution in [0.15, 0.2) is 12.1 Å². The lowest BCUT2D eigenvalue weighted by Gasteiger charge is -2.28. The third kappa shape index (κ3) is 2.75. The molecule has 0 unspecified atom stereocenters. The average molecular weight is 228 g/mol. The number of nitrogens with zero attached hydrogens (tertiary/aromatic N) is 2. The van der Waals surface area contributed by atoms with Crippen molar-refractivity contribution in [2.24, 2.45) is 0 Å². The van der Waals surface area contributed by atoms with Crippen molar-refractivity contribution in [2.45, 2.75) is 32.7 Å². The van der Waals surface area contributed by atoms with Crippen LogP contribution >= 0.6 is 11.6 Å². The molecule has 0 amide bonds. The van der Waals surface area contributed by atoms with Gasteiger partial charge in [-0.25, -0.2) is 4.98 Å². The normalized spacial score (nSPS) is 10.7. The van der Waals surface area contributed by atoms with Crippen molar-refractivity contribution in [3.63, 3.8) is 0 Å². The van der Waals surface area contributed by atoms with Gasteiger partial charge in [-0.1, -0.05) is 25.4 Å².